The van der Waals surface area contributed by atoms with Gasteiger partial charge in [0.1, 0.15) is 6.61 Å². The fourth-order valence-electron chi connectivity index (χ4n) is 5.64. The normalized spacial score (nSPS) is 19.1. The number of fused-ring (bicyclic) bond motifs is 3. The van der Waals surface area contributed by atoms with E-state index in [0.717, 1.165) is 23.2 Å². The smallest absolute Gasteiger partial charge is 0.180 e. The molecule has 0 aromatic heterocycles. The number of nitrogens with one attached hydrogen (secondary N) is 1. The molecular weight excluding hydrogens is 575 g/mol. The van der Waals surface area contributed by atoms with E-state index >= 15 is 0 Å². The zero-order chi connectivity index (χ0) is 28.3. The van der Waals surface area contributed by atoms with Crippen LogP contribution >= 0.6 is 34.8 Å². The Morgan fingerprint density at radius 1 is 0.927 bits per heavy atom. The second-order valence-electron chi connectivity index (χ2n) is 10.2. The summed E-state index contributed by atoms with van der Waals surface area (Å²) in [6.45, 7) is 2.61. The van der Waals surface area contributed by atoms with E-state index in [1.807, 2.05) is 25.1 Å². The summed E-state index contributed by atoms with van der Waals surface area (Å²) in [7, 11) is 0. The van der Waals surface area contributed by atoms with Crippen molar-refractivity contribution in [2.75, 3.05) is 11.9 Å². The molecule has 0 amide bonds. The van der Waals surface area contributed by atoms with Crippen LogP contribution in [0.25, 0.3) is 0 Å². The highest BCUT2D eigenvalue weighted by Crippen LogP contribution is 2.49. The molecular formula is C34H29Cl3N2O2. The summed E-state index contributed by atoms with van der Waals surface area (Å²) in [5.41, 5.74) is 6.34. The maximum atomic E-state index is 6.64. The van der Waals surface area contributed by atoms with Gasteiger partial charge in [0.15, 0.2) is 11.5 Å². The number of nitrogens with zero attached hydrogens (tertiary/aromatic N) is 1. The lowest BCUT2D eigenvalue weighted by Crippen LogP contribution is -2.28. The first-order valence-corrected chi connectivity index (χ1v) is 14.8. The lowest BCUT2D eigenvalue weighted by molar-refractivity contribution is 0.269. The molecule has 3 atom stereocenters. The van der Waals surface area contributed by atoms with Gasteiger partial charge in [-0.2, -0.15) is 0 Å². The predicted molar refractivity (Wildman–Crippen MR) is 170 cm³/mol. The Labute approximate surface area is 255 Å². The Hall–Kier alpha value is -3.44. The fraction of sp³-hybridized carbons (Fsp3) is 0.206. The average molecular weight is 604 g/mol. The van der Waals surface area contributed by atoms with E-state index in [0.29, 0.717) is 45.0 Å². The first-order valence-electron chi connectivity index (χ1n) is 13.7. The van der Waals surface area contributed by atoms with Gasteiger partial charge in [0, 0.05) is 33.4 Å². The SMILES string of the molecule is CCOc1cc(C=Nc2ccc([C@@H]3Nc4ccccc4[C@@H]4C=CC[C@H]43)cc2)cc(Cl)c1OCc1ccc(Cl)cc1Cl. The van der Waals surface area contributed by atoms with Crippen molar-refractivity contribution in [3.05, 3.63) is 128 Å². The standard InChI is InChI=1S/C34H29Cl3N2O2/c1-2-40-32-17-21(16-30(37)34(32)41-20-23-10-13-24(35)18-29(23)36)19-38-25-14-11-22(12-15-25)33-28-8-5-7-26(28)27-6-3-4-9-31(27)39-33/h3-7,9-19,26,28,33,39H,2,8,20H2,1H3/t26-,28+,33-/m0/s1. The van der Waals surface area contributed by atoms with Gasteiger partial charge in [-0.3, -0.25) is 4.99 Å². The number of ether oxygens (including phenoxy) is 2. The zero-order valence-electron chi connectivity index (χ0n) is 22.5. The summed E-state index contributed by atoms with van der Waals surface area (Å²) in [6.07, 6.45) is 7.54. The van der Waals surface area contributed by atoms with Crippen molar-refractivity contribution in [3.8, 4) is 11.5 Å². The van der Waals surface area contributed by atoms with Gasteiger partial charge in [0.25, 0.3) is 0 Å². The first kappa shape index (κ1) is 27.7. The quantitative estimate of drug-likeness (QED) is 0.161. The van der Waals surface area contributed by atoms with E-state index < -0.39 is 0 Å². The van der Waals surface area contributed by atoms with Gasteiger partial charge >= 0.3 is 0 Å². The molecule has 0 saturated heterocycles. The monoisotopic (exact) mass is 602 g/mol. The molecule has 0 saturated carbocycles. The third-order valence-corrected chi connectivity index (χ3v) is 8.47. The van der Waals surface area contributed by atoms with Crippen LogP contribution in [-0.4, -0.2) is 12.8 Å². The van der Waals surface area contributed by atoms with Gasteiger partial charge in [-0.15, -0.1) is 0 Å². The van der Waals surface area contributed by atoms with Crippen molar-refractivity contribution in [1.29, 1.82) is 0 Å². The molecule has 1 aliphatic carbocycles. The van der Waals surface area contributed by atoms with E-state index in [1.165, 1.54) is 16.8 Å². The Morgan fingerprint density at radius 2 is 1.76 bits per heavy atom. The Morgan fingerprint density at radius 3 is 2.56 bits per heavy atom. The van der Waals surface area contributed by atoms with Crippen LogP contribution in [0.4, 0.5) is 11.4 Å². The molecule has 4 aromatic rings. The maximum absolute atomic E-state index is 6.64. The highest BCUT2D eigenvalue weighted by atomic mass is 35.5. The molecule has 1 aliphatic heterocycles. The van der Waals surface area contributed by atoms with E-state index in [2.05, 4.69) is 66.0 Å². The second kappa shape index (κ2) is 12.2. The summed E-state index contributed by atoms with van der Waals surface area (Å²) >= 11 is 19.0. The second-order valence-corrected chi connectivity index (χ2v) is 11.5. The Kier molecular flexibility index (Phi) is 8.25. The minimum atomic E-state index is 0.231. The number of halogens is 3. The summed E-state index contributed by atoms with van der Waals surface area (Å²) in [4.78, 5) is 4.71. The van der Waals surface area contributed by atoms with Crippen LogP contribution in [0.1, 0.15) is 47.6 Å². The molecule has 0 unspecified atom stereocenters. The number of rotatable bonds is 8. The molecule has 0 spiro atoms. The largest absolute Gasteiger partial charge is 0.490 e. The third kappa shape index (κ3) is 5.97. The van der Waals surface area contributed by atoms with Crippen LogP contribution in [-0.2, 0) is 6.61 Å². The number of anilines is 1. The third-order valence-electron chi connectivity index (χ3n) is 7.61. The van der Waals surface area contributed by atoms with Gasteiger partial charge in [-0.1, -0.05) is 83.4 Å². The molecule has 1 heterocycles. The van der Waals surface area contributed by atoms with Crippen molar-refractivity contribution < 1.29 is 9.47 Å². The van der Waals surface area contributed by atoms with Crippen molar-refractivity contribution in [2.24, 2.45) is 10.9 Å². The number of hydrogen-bond acceptors (Lipinski definition) is 4. The highest BCUT2D eigenvalue weighted by molar-refractivity contribution is 6.35. The molecule has 41 heavy (non-hydrogen) atoms. The number of benzene rings is 4. The van der Waals surface area contributed by atoms with E-state index in [9.17, 15) is 0 Å². The van der Waals surface area contributed by atoms with Crippen molar-refractivity contribution in [2.45, 2.75) is 31.9 Å². The lowest BCUT2D eigenvalue weighted by Gasteiger charge is -2.37. The molecule has 6 rings (SSSR count). The minimum Gasteiger partial charge on any atom is -0.490 e. The van der Waals surface area contributed by atoms with Crippen LogP contribution in [0.15, 0.2) is 96.0 Å². The minimum absolute atomic E-state index is 0.231. The molecule has 0 bridgehead atoms. The van der Waals surface area contributed by atoms with E-state index in [1.54, 1.807) is 18.3 Å². The van der Waals surface area contributed by atoms with Crippen LogP contribution in [0, 0.1) is 5.92 Å². The number of para-hydroxylation sites is 1. The summed E-state index contributed by atoms with van der Waals surface area (Å²) in [6, 6.07) is 26.3. The maximum Gasteiger partial charge on any atom is 0.180 e. The van der Waals surface area contributed by atoms with Gasteiger partial charge in [0.2, 0.25) is 0 Å². The van der Waals surface area contributed by atoms with Crippen molar-refractivity contribution >= 4 is 52.4 Å². The topological polar surface area (TPSA) is 42.8 Å². The fourth-order valence-corrected chi connectivity index (χ4v) is 6.38. The molecule has 4 aromatic carbocycles. The summed E-state index contributed by atoms with van der Waals surface area (Å²) in [5.74, 6) is 1.97. The van der Waals surface area contributed by atoms with Gasteiger partial charge in [-0.25, -0.2) is 0 Å². The number of allylic oxidation sites excluding steroid dienone is 2. The van der Waals surface area contributed by atoms with Crippen molar-refractivity contribution in [1.82, 2.24) is 0 Å². The zero-order valence-corrected chi connectivity index (χ0v) is 24.8. The van der Waals surface area contributed by atoms with Gasteiger partial charge in [-0.05, 0) is 78.4 Å². The molecule has 7 heteroatoms. The predicted octanol–water partition coefficient (Wildman–Crippen LogP) is 10.2. The Balaban J connectivity index is 1.18. The summed E-state index contributed by atoms with van der Waals surface area (Å²) < 4.78 is 11.9. The number of hydrogen-bond donors (Lipinski definition) is 1. The first-order chi connectivity index (χ1) is 20.0. The lowest BCUT2D eigenvalue weighted by atomic mass is 9.77. The van der Waals surface area contributed by atoms with E-state index in [-0.39, 0.29) is 12.6 Å². The molecule has 1 N–H and O–H groups in total. The van der Waals surface area contributed by atoms with Gasteiger partial charge in [0.05, 0.1) is 23.4 Å². The van der Waals surface area contributed by atoms with Crippen molar-refractivity contribution in [3.63, 3.8) is 0 Å². The summed E-state index contributed by atoms with van der Waals surface area (Å²) in [5, 5.41) is 5.32. The number of aliphatic imine (C=N–C) groups is 1. The highest BCUT2D eigenvalue weighted by Gasteiger charge is 2.37. The van der Waals surface area contributed by atoms with Gasteiger partial charge < -0.3 is 14.8 Å². The Bertz CT molecular complexity index is 1620. The molecule has 0 fully saturated rings. The van der Waals surface area contributed by atoms with Crippen LogP contribution in [0.5, 0.6) is 11.5 Å². The van der Waals surface area contributed by atoms with E-state index in [4.69, 9.17) is 49.3 Å². The van der Waals surface area contributed by atoms with Crippen LogP contribution < -0.4 is 14.8 Å². The molecule has 2 aliphatic rings. The van der Waals surface area contributed by atoms with Crippen LogP contribution in [0.2, 0.25) is 15.1 Å². The average Bonchev–Trinajstić information content (AvgIpc) is 3.47. The molecule has 0 radical (unpaired) electrons. The van der Waals surface area contributed by atoms with Crippen LogP contribution in [0.3, 0.4) is 0 Å². The molecule has 208 valence electrons. The molecule has 4 nitrogen and oxygen atoms in total.